The predicted octanol–water partition coefficient (Wildman–Crippen LogP) is 1.50. The minimum Gasteiger partial charge on any atom is -0.475 e. The van der Waals surface area contributed by atoms with E-state index in [0.29, 0.717) is 5.92 Å². The molecule has 1 aliphatic rings. The molecule has 1 N–H and O–H groups in total. The SMILES string of the molecule is C[C@H]1CCc2noc(C(=O)O)c2C1. The Kier molecular flexibility index (Phi) is 1.83. The summed E-state index contributed by atoms with van der Waals surface area (Å²) in [7, 11) is 0. The standard InChI is InChI=1S/C9H11NO3/c1-5-2-3-7-6(4-5)8(9(11)12)13-10-7/h5H,2-4H2,1H3,(H,11,12)/t5-/m0/s1. The maximum Gasteiger partial charge on any atom is 0.375 e. The third-order valence-electron chi connectivity index (χ3n) is 2.49. The minimum absolute atomic E-state index is 0.0292. The Morgan fingerprint density at radius 3 is 3.15 bits per heavy atom. The van der Waals surface area contributed by atoms with Crippen molar-refractivity contribution in [3.63, 3.8) is 0 Å². The van der Waals surface area contributed by atoms with Gasteiger partial charge in [-0.3, -0.25) is 0 Å². The molecule has 2 rings (SSSR count). The monoisotopic (exact) mass is 181 g/mol. The quantitative estimate of drug-likeness (QED) is 0.713. The zero-order valence-corrected chi connectivity index (χ0v) is 7.41. The van der Waals surface area contributed by atoms with Gasteiger partial charge in [0, 0.05) is 5.56 Å². The number of nitrogens with zero attached hydrogens (tertiary/aromatic N) is 1. The normalized spacial score (nSPS) is 21.2. The van der Waals surface area contributed by atoms with Crippen LogP contribution in [-0.2, 0) is 12.8 Å². The Morgan fingerprint density at radius 2 is 2.46 bits per heavy atom. The van der Waals surface area contributed by atoms with Crippen molar-refractivity contribution in [3.8, 4) is 0 Å². The molecule has 4 heteroatoms. The van der Waals surface area contributed by atoms with Gasteiger partial charge in [-0.1, -0.05) is 12.1 Å². The van der Waals surface area contributed by atoms with Crippen LogP contribution in [0.3, 0.4) is 0 Å². The molecule has 1 heterocycles. The van der Waals surface area contributed by atoms with Crippen molar-refractivity contribution in [2.75, 3.05) is 0 Å². The first kappa shape index (κ1) is 8.29. The van der Waals surface area contributed by atoms with Crippen molar-refractivity contribution < 1.29 is 14.4 Å². The number of hydrogen-bond donors (Lipinski definition) is 1. The number of aromatic carboxylic acids is 1. The third kappa shape index (κ3) is 1.32. The summed E-state index contributed by atoms with van der Waals surface area (Å²) in [5.41, 5.74) is 1.63. The van der Waals surface area contributed by atoms with Crippen LogP contribution in [0.15, 0.2) is 4.52 Å². The number of aryl methyl sites for hydroxylation is 1. The van der Waals surface area contributed by atoms with Crippen LogP contribution in [0.25, 0.3) is 0 Å². The van der Waals surface area contributed by atoms with Crippen LogP contribution in [0.1, 0.15) is 35.2 Å². The zero-order chi connectivity index (χ0) is 9.42. The lowest BCUT2D eigenvalue weighted by molar-refractivity contribution is 0.0650. The number of carboxylic acid groups (broad SMARTS) is 1. The molecule has 13 heavy (non-hydrogen) atoms. The summed E-state index contributed by atoms with van der Waals surface area (Å²) >= 11 is 0. The summed E-state index contributed by atoms with van der Waals surface area (Å²) in [6, 6.07) is 0. The molecule has 0 aliphatic heterocycles. The maximum absolute atomic E-state index is 10.7. The molecular formula is C9H11NO3. The first-order valence-corrected chi connectivity index (χ1v) is 4.39. The molecule has 1 aliphatic carbocycles. The number of carboxylic acids is 1. The van der Waals surface area contributed by atoms with Gasteiger partial charge in [0.25, 0.3) is 0 Å². The fraction of sp³-hybridized carbons (Fsp3) is 0.556. The summed E-state index contributed by atoms with van der Waals surface area (Å²) in [6.45, 7) is 2.11. The van der Waals surface area contributed by atoms with Crippen LogP contribution in [0.2, 0.25) is 0 Å². The minimum atomic E-state index is -1.01. The van der Waals surface area contributed by atoms with Crippen molar-refractivity contribution >= 4 is 5.97 Å². The molecule has 0 saturated heterocycles. The first-order valence-electron chi connectivity index (χ1n) is 4.39. The Labute approximate surface area is 75.5 Å². The third-order valence-corrected chi connectivity index (χ3v) is 2.49. The van der Waals surface area contributed by atoms with Crippen LogP contribution < -0.4 is 0 Å². The number of hydrogen-bond acceptors (Lipinski definition) is 3. The Morgan fingerprint density at radius 1 is 1.69 bits per heavy atom. The van der Waals surface area contributed by atoms with Crippen molar-refractivity contribution in [2.45, 2.75) is 26.2 Å². The molecule has 4 nitrogen and oxygen atoms in total. The fourth-order valence-electron chi connectivity index (χ4n) is 1.75. The maximum atomic E-state index is 10.7. The topological polar surface area (TPSA) is 63.3 Å². The second-order valence-electron chi connectivity index (χ2n) is 3.59. The van der Waals surface area contributed by atoms with Crippen LogP contribution in [0.5, 0.6) is 0 Å². The molecular weight excluding hydrogens is 170 g/mol. The highest BCUT2D eigenvalue weighted by Crippen LogP contribution is 2.27. The van der Waals surface area contributed by atoms with Crippen molar-refractivity contribution in [2.24, 2.45) is 5.92 Å². The van der Waals surface area contributed by atoms with Gasteiger partial charge >= 0.3 is 5.97 Å². The van der Waals surface area contributed by atoms with E-state index in [1.165, 1.54) is 0 Å². The molecule has 0 amide bonds. The highest BCUT2D eigenvalue weighted by molar-refractivity contribution is 5.86. The number of carbonyl (C=O) groups is 1. The molecule has 1 aromatic rings. The van der Waals surface area contributed by atoms with Gasteiger partial charge in [0.15, 0.2) is 0 Å². The van der Waals surface area contributed by atoms with Gasteiger partial charge in [-0.15, -0.1) is 0 Å². The Hall–Kier alpha value is -1.32. The molecule has 1 atom stereocenters. The summed E-state index contributed by atoms with van der Waals surface area (Å²) in [5, 5.41) is 12.5. The largest absolute Gasteiger partial charge is 0.475 e. The van der Waals surface area contributed by atoms with E-state index in [0.717, 1.165) is 30.5 Å². The Balaban J connectivity index is 2.41. The molecule has 0 aromatic carbocycles. The number of fused-ring (bicyclic) bond motifs is 1. The van der Waals surface area contributed by atoms with Gasteiger partial charge in [0.2, 0.25) is 5.76 Å². The molecule has 0 unspecified atom stereocenters. The van der Waals surface area contributed by atoms with Crippen LogP contribution >= 0.6 is 0 Å². The van der Waals surface area contributed by atoms with Gasteiger partial charge in [0.05, 0.1) is 5.69 Å². The summed E-state index contributed by atoms with van der Waals surface area (Å²) < 4.78 is 4.78. The summed E-state index contributed by atoms with van der Waals surface area (Å²) in [4.78, 5) is 10.7. The van der Waals surface area contributed by atoms with Gasteiger partial charge < -0.3 is 9.63 Å². The summed E-state index contributed by atoms with van der Waals surface area (Å²) in [6.07, 6.45) is 2.69. The van der Waals surface area contributed by atoms with E-state index in [9.17, 15) is 4.79 Å². The van der Waals surface area contributed by atoms with Crippen LogP contribution in [0.4, 0.5) is 0 Å². The van der Waals surface area contributed by atoms with Crippen molar-refractivity contribution in [1.29, 1.82) is 0 Å². The lowest BCUT2D eigenvalue weighted by Gasteiger charge is -2.15. The second kappa shape index (κ2) is 2.87. The first-order chi connectivity index (χ1) is 6.18. The molecule has 0 saturated carbocycles. The highest BCUT2D eigenvalue weighted by atomic mass is 16.5. The number of rotatable bonds is 1. The average molecular weight is 181 g/mol. The smallest absolute Gasteiger partial charge is 0.375 e. The molecule has 0 fully saturated rings. The average Bonchev–Trinajstić information content (AvgIpc) is 2.46. The zero-order valence-electron chi connectivity index (χ0n) is 7.41. The van der Waals surface area contributed by atoms with E-state index in [1.54, 1.807) is 0 Å². The second-order valence-corrected chi connectivity index (χ2v) is 3.59. The van der Waals surface area contributed by atoms with E-state index in [1.807, 2.05) is 0 Å². The van der Waals surface area contributed by atoms with Gasteiger partial charge in [0.1, 0.15) is 0 Å². The van der Waals surface area contributed by atoms with Crippen molar-refractivity contribution in [3.05, 3.63) is 17.0 Å². The van der Waals surface area contributed by atoms with Crippen LogP contribution in [0, 0.1) is 5.92 Å². The molecule has 0 bridgehead atoms. The lowest BCUT2D eigenvalue weighted by atomic mass is 9.88. The van der Waals surface area contributed by atoms with E-state index >= 15 is 0 Å². The molecule has 0 radical (unpaired) electrons. The van der Waals surface area contributed by atoms with E-state index < -0.39 is 5.97 Å². The fourth-order valence-corrected chi connectivity index (χ4v) is 1.75. The van der Waals surface area contributed by atoms with E-state index in [-0.39, 0.29) is 5.76 Å². The number of aromatic nitrogens is 1. The van der Waals surface area contributed by atoms with Gasteiger partial charge in [-0.2, -0.15) is 0 Å². The van der Waals surface area contributed by atoms with Crippen LogP contribution in [-0.4, -0.2) is 16.2 Å². The molecule has 0 spiro atoms. The molecule has 70 valence electrons. The van der Waals surface area contributed by atoms with Gasteiger partial charge in [-0.05, 0) is 25.2 Å². The predicted molar refractivity (Wildman–Crippen MR) is 44.7 cm³/mol. The summed E-state index contributed by atoms with van der Waals surface area (Å²) in [5.74, 6) is -0.450. The lowest BCUT2D eigenvalue weighted by Crippen LogP contribution is -2.12. The molecule has 1 aromatic heterocycles. The van der Waals surface area contributed by atoms with Gasteiger partial charge in [-0.25, -0.2) is 4.79 Å². The highest BCUT2D eigenvalue weighted by Gasteiger charge is 2.26. The Bertz CT molecular complexity index is 343. The van der Waals surface area contributed by atoms with E-state index in [4.69, 9.17) is 9.63 Å². The van der Waals surface area contributed by atoms with Crippen molar-refractivity contribution in [1.82, 2.24) is 5.16 Å². The van der Waals surface area contributed by atoms with E-state index in [2.05, 4.69) is 12.1 Å².